The lowest BCUT2D eigenvalue weighted by atomic mass is 10.0. The van der Waals surface area contributed by atoms with Gasteiger partial charge in [-0.05, 0) is 55.7 Å². The summed E-state index contributed by atoms with van der Waals surface area (Å²) < 4.78 is 13.2. The van der Waals surface area contributed by atoms with Crippen LogP contribution in [0.4, 0.5) is 0 Å². The van der Waals surface area contributed by atoms with E-state index in [0.29, 0.717) is 18.8 Å². The van der Waals surface area contributed by atoms with Crippen LogP contribution in [0, 0.1) is 0 Å². The predicted molar refractivity (Wildman–Crippen MR) is 104 cm³/mol. The summed E-state index contributed by atoms with van der Waals surface area (Å²) >= 11 is 0. The smallest absolute Gasteiger partial charge is 0.254 e. The third kappa shape index (κ3) is 2.78. The second-order valence-corrected chi connectivity index (χ2v) is 7.17. The van der Waals surface area contributed by atoms with Gasteiger partial charge in [0.15, 0.2) is 11.5 Å². The number of amides is 1. The molecule has 0 N–H and O–H groups in total. The minimum Gasteiger partial charge on any atom is -0.486 e. The summed E-state index contributed by atoms with van der Waals surface area (Å²) in [6.45, 7) is 4.66. The van der Waals surface area contributed by atoms with Crippen LogP contribution < -0.4 is 9.47 Å². The summed E-state index contributed by atoms with van der Waals surface area (Å²) in [5.74, 6) is 1.57. The predicted octanol–water partition coefficient (Wildman–Crippen LogP) is 3.20. The van der Waals surface area contributed by atoms with Crippen LogP contribution in [0.2, 0.25) is 0 Å². The van der Waals surface area contributed by atoms with Crippen LogP contribution in [-0.4, -0.2) is 45.6 Å². The molecular formula is C21H22N4O3. The fourth-order valence-electron chi connectivity index (χ4n) is 4.13. The molecule has 0 bridgehead atoms. The van der Waals surface area contributed by atoms with E-state index in [1.165, 1.54) is 0 Å². The van der Waals surface area contributed by atoms with Crippen LogP contribution in [0.5, 0.6) is 11.5 Å². The minimum atomic E-state index is 0.0327. The Morgan fingerprint density at radius 3 is 2.86 bits per heavy atom. The van der Waals surface area contributed by atoms with E-state index in [4.69, 9.17) is 9.47 Å². The molecule has 28 heavy (non-hydrogen) atoms. The second-order valence-electron chi connectivity index (χ2n) is 7.17. The number of fused-ring (bicyclic) bond motifs is 2. The molecule has 7 heteroatoms. The number of aryl methyl sites for hydroxylation is 1. The van der Waals surface area contributed by atoms with E-state index in [1.54, 1.807) is 0 Å². The van der Waals surface area contributed by atoms with E-state index >= 15 is 0 Å². The highest BCUT2D eigenvalue weighted by atomic mass is 16.6. The first-order valence-electron chi connectivity index (χ1n) is 9.78. The zero-order valence-electron chi connectivity index (χ0n) is 15.8. The van der Waals surface area contributed by atoms with E-state index in [9.17, 15) is 4.79 Å². The molecule has 1 amide bonds. The Kier molecular flexibility index (Phi) is 4.15. The fraction of sp³-hybridized carbons (Fsp3) is 0.381. The van der Waals surface area contributed by atoms with Crippen molar-refractivity contribution in [2.45, 2.75) is 32.4 Å². The van der Waals surface area contributed by atoms with Gasteiger partial charge in [0.05, 0.1) is 11.6 Å². The maximum absolute atomic E-state index is 13.3. The summed E-state index contributed by atoms with van der Waals surface area (Å²) in [6, 6.07) is 11.7. The maximum atomic E-state index is 13.3. The van der Waals surface area contributed by atoms with E-state index in [2.05, 4.69) is 10.3 Å². The molecule has 1 fully saturated rings. The van der Waals surface area contributed by atoms with Crippen molar-refractivity contribution in [3.05, 3.63) is 47.5 Å². The quantitative estimate of drug-likeness (QED) is 0.700. The fourth-order valence-corrected chi connectivity index (χ4v) is 4.13. The maximum Gasteiger partial charge on any atom is 0.254 e. The van der Waals surface area contributed by atoms with Crippen LogP contribution in [0.1, 0.15) is 41.7 Å². The molecule has 2 aliphatic rings. The van der Waals surface area contributed by atoms with Crippen LogP contribution in [0.15, 0.2) is 36.4 Å². The average molecular weight is 378 g/mol. The van der Waals surface area contributed by atoms with Crippen molar-refractivity contribution in [1.29, 1.82) is 0 Å². The minimum absolute atomic E-state index is 0.0327. The number of benzene rings is 2. The Bertz CT molecular complexity index is 1050. The molecule has 7 nitrogen and oxygen atoms in total. The van der Waals surface area contributed by atoms with Gasteiger partial charge in [-0.3, -0.25) is 4.79 Å². The Labute approximate surface area is 162 Å². The largest absolute Gasteiger partial charge is 0.486 e. The number of nitrogens with zero attached hydrogens (tertiary/aromatic N) is 4. The molecule has 0 aliphatic carbocycles. The molecule has 0 saturated carbocycles. The van der Waals surface area contributed by atoms with Gasteiger partial charge in [-0.15, -0.1) is 5.10 Å². The number of hydrogen-bond acceptors (Lipinski definition) is 5. The van der Waals surface area contributed by atoms with Crippen LogP contribution in [0.25, 0.3) is 11.0 Å². The van der Waals surface area contributed by atoms with Gasteiger partial charge < -0.3 is 14.4 Å². The molecule has 3 aromatic rings. The monoisotopic (exact) mass is 378 g/mol. The van der Waals surface area contributed by atoms with Gasteiger partial charge in [-0.1, -0.05) is 11.3 Å². The molecule has 1 saturated heterocycles. The summed E-state index contributed by atoms with van der Waals surface area (Å²) in [7, 11) is 0. The van der Waals surface area contributed by atoms with E-state index in [-0.39, 0.29) is 11.9 Å². The highest BCUT2D eigenvalue weighted by Crippen LogP contribution is 2.38. The van der Waals surface area contributed by atoms with Crippen molar-refractivity contribution in [2.24, 2.45) is 0 Å². The number of hydrogen-bond donors (Lipinski definition) is 0. The molecule has 1 aromatic heterocycles. The topological polar surface area (TPSA) is 69.5 Å². The summed E-state index contributed by atoms with van der Waals surface area (Å²) in [6.07, 6.45) is 1.93. The number of ether oxygens (including phenoxy) is 2. The lowest BCUT2D eigenvalue weighted by Gasteiger charge is -2.27. The Balaban J connectivity index is 1.44. The third-order valence-corrected chi connectivity index (χ3v) is 5.53. The zero-order valence-corrected chi connectivity index (χ0v) is 15.8. The first-order valence-corrected chi connectivity index (χ1v) is 9.78. The van der Waals surface area contributed by atoms with Crippen molar-refractivity contribution < 1.29 is 14.3 Å². The average Bonchev–Trinajstić information content (AvgIpc) is 3.39. The van der Waals surface area contributed by atoms with Gasteiger partial charge in [0.25, 0.3) is 5.91 Å². The highest BCUT2D eigenvalue weighted by Gasteiger charge is 2.31. The lowest BCUT2D eigenvalue weighted by Crippen LogP contribution is -2.30. The van der Waals surface area contributed by atoms with Gasteiger partial charge in [-0.2, -0.15) is 0 Å². The van der Waals surface area contributed by atoms with E-state index in [0.717, 1.165) is 54.0 Å². The lowest BCUT2D eigenvalue weighted by molar-refractivity contribution is 0.0735. The van der Waals surface area contributed by atoms with Gasteiger partial charge >= 0.3 is 0 Å². The molecule has 5 rings (SSSR count). The third-order valence-electron chi connectivity index (χ3n) is 5.53. The van der Waals surface area contributed by atoms with Gasteiger partial charge in [0.2, 0.25) is 0 Å². The second kappa shape index (κ2) is 6.82. The van der Waals surface area contributed by atoms with E-state index in [1.807, 2.05) is 52.9 Å². The highest BCUT2D eigenvalue weighted by molar-refractivity contribution is 5.97. The molecule has 3 heterocycles. The zero-order chi connectivity index (χ0) is 19.1. The van der Waals surface area contributed by atoms with Gasteiger partial charge in [0.1, 0.15) is 18.7 Å². The first-order chi connectivity index (χ1) is 13.7. The number of carbonyl (C=O) groups is 1. The SMILES string of the molecule is CCn1nnc2cc(C(=O)N3CCCC3c3ccc4c(c3)OCCO4)ccc21. The van der Waals surface area contributed by atoms with Crippen molar-refractivity contribution in [3.63, 3.8) is 0 Å². The van der Waals surface area contributed by atoms with Crippen LogP contribution >= 0.6 is 0 Å². The number of likely N-dealkylation sites (tertiary alicyclic amines) is 1. The molecule has 2 aromatic carbocycles. The molecule has 0 spiro atoms. The summed E-state index contributed by atoms with van der Waals surface area (Å²) in [4.78, 5) is 15.2. The number of carbonyl (C=O) groups excluding carboxylic acids is 1. The normalized spacial score (nSPS) is 18.6. The molecule has 144 valence electrons. The number of rotatable bonds is 3. The molecule has 1 atom stereocenters. The summed E-state index contributed by atoms with van der Waals surface area (Å²) in [5, 5.41) is 8.33. The standard InChI is InChI=1S/C21H22N4O3/c1-2-25-18-7-5-15(12-16(18)22-23-25)21(26)24-9-3-4-17(24)14-6-8-19-20(13-14)28-11-10-27-19/h5-8,12-13,17H,2-4,9-11H2,1H3. The first kappa shape index (κ1) is 17.0. The van der Waals surface area contributed by atoms with Gasteiger partial charge in [0, 0.05) is 18.7 Å². The van der Waals surface area contributed by atoms with Crippen LogP contribution in [-0.2, 0) is 6.54 Å². The summed E-state index contributed by atoms with van der Waals surface area (Å²) in [5.41, 5.74) is 3.44. The van der Waals surface area contributed by atoms with Crippen LogP contribution in [0.3, 0.4) is 0 Å². The van der Waals surface area contributed by atoms with Crippen molar-refractivity contribution in [3.8, 4) is 11.5 Å². The molecule has 2 aliphatic heterocycles. The number of aromatic nitrogens is 3. The molecular weight excluding hydrogens is 356 g/mol. The molecule has 1 unspecified atom stereocenters. The molecule has 0 radical (unpaired) electrons. The van der Waals surface area contributed by atoms with Crippen molar-refractivity contribution in [2.75, 3.05) is 19.8 Å². The van der Waals surface area contributed by atoms with Crippen molar-refractivity contribution in [1.82, 2.24) is 19.9 Å². The van der Waals surface area contributed by atoms with Crippen molar-refractivity contribution >= 4 is 16.9 Å². The Morgan fingerprint density at radius 1 is 1.14 bits per heavy atom. The Hall–Kier alpha value is -3.09. The Morgan fingerprint density at radius 2 is 2.00 bits per heavy atom. The van der Waals surface area contributed by atoms with Gasteiger partial charge in [-0.25, -0.2) is 4.68 Å². The van der Waals surface area contributed by atoms with E-state index < -0.39 is 0 Å².